The van der Waals surface area contributed by atoms with Gasteiger partial charge in [-0.25, -0.2) is 4.79 Å². The van der Waals surface area contributed by atoms with Crippen LogP contribution in [0.2, 0.25) is 0 Å². The van der Waals surface area contributed by atoms with Crippen LogP contribution < -0.4 is 0 Å². The number of hydrogen-bond donors (Lipinski definition) is 1. The van der Waals surface area contributed by atoms with E-state index in [4.69, 9.17) is 0 Å². The summed E-state index contributed by atoms with van der Waals surface area (Å²) in [5, 5.41) is 9.48. The molecule has 4 heteroatoms. The van der Waals surface area contributed by atoms with Crippen molar-refractivity contribution in [2.45, 2.75) is 25.3 Å². The van der Waals surface area contributed by atoms with E-state index in [1.165, 1.54) is 0 Å². The Morgan fingerprint density at radius 1 is 1.38 bits per heavy atom. The summed E-state index contributed by atoms with van der Waals surface area (Å²) < 4.78 is 0. The van der Waals surface area contributed by atoms with Gasteiger partial charge in [0, 0.05) is 12.4 Å². The Bertz CT molecular complexity index is 374. The number of carbonyl (C=O) groups is 1. The fourth-order valence-corrected chi connectivity index (χ4v) is 2.28. The zero-order chi connectivity index (χ0) is 11.6. The number of hydrogen-bond acceptors (Lipinski definition) is 3. The lowest BCUT2D eigenvalue weighted by Crippen LogP contribution is -2.48. The SMILES string of the molecule is CC(C(=O)O)(c1ccncc1)N1CCCC1. The van der Waals surface area contributed by atoms with Gasteiger partial charge in [0.2, 0.25) is 0 Å². The van der Waals surface area contributed by atoms with Crippen LogP contribution in [0.5, 0.6) is 0 Å². The molecular weight excluding hydrogens is 204 g/mol. The van der Waals surface area contributed by atoms with E-state index in [2.05, 4.69) is 4.98 Å². The van der Waals surface area contributed by atoms with Crippen molar-refractivity contribution in [1.29, 1.82) is 0 Å². The average molecular weight is 220 g/mol. The van der Waals surface area contributed by atoms with Crippen molar-refractivity contribution in [1.82, 2.24) is 9.88 Å². The maximum Gasteiger partial charge on any atom is 0.328 e. The molecular formula is C12H16N2O2. The molecule has 1 unspecified atom stereocenters. The van der Waals surface area contributed by atoms with E-state index >= 15 is 0 Å². The molecule has 0 radical (unpaired) electrons. The molecule has 0 aliphatic carbocycles. The lowest BCUT2D eigenvalue weighted by atomic mass is 9.91. The standard InChI is InChI=1S/C12H16N2O2/c1-12(11(15)16,14-8-2-3-9-14)10-4-6-13-7-5-10/h4-7H,2-3,8-9H2,1H3,(H,15,16). The Kier molecular flexibility index (Phi) is 2.92. The third-order valence-corrected chi connectivity index (χ3v) is 3.40. The van der Waals surface area contributed by atoms with Crippen LogP contribution in [0.15, 0.2) is 24.5 Å². The second-order valence-corrected chi connectivity index (χ2v) is 4.31. The van der Waals surface area contributed by atoms with Crippen LogP contribution in [-0.2, 0) is 10.3 Å². The molecule has 86 valence electrons. The highest BCUT2D eigenvalue weighted by atomic mass is 16.4. The minimum absolute atomic E-state index is 0.791. The normalized spacial score (nSPS) is 20.6. The summed E-state index contributed by atoms with van der Waals surface area (Å²) in [6.07, 6.45) is 5.45. The van der Waals surface area contributed by atoms with Gasteiger partial charge in [0.1, 0.15) is 5.54 Å². The number of aliphatic carboxylic acids is 1. The lowest BCUT2D eigenvalue weighted by Gasteiger charge is -2.35. The Balaban J connectivity index is 2.39. The minimum atomic E-state index is -0.917. The van der Waals surface area contributed by atoms with Gasteiger partial charge >= 0.3 is 5.97 Å². The van der Waals surface area contributed by atoms with Gasteiger partial charge in [0.25, 0.3) is 0 Å². The van der Waals surface area contributed by atoms with Gasteiger partial charge in [-0.05, 0) is 50.6 Å². The Morgan fingerprint density at radius 2 is 1.94 bits per heavy atom. The molecule has 1 aliphatic heterocycles. The van der Waals surface area contributed by atoms with Gasteiger partial charge in [-0.15, -0.1) is 0 Å². The molecule has 0 bridgehead atoms. The number of aromatic nitrogens is 1. The average Bonchev–Trinajstić information content (AvgIpc) is 2.82. The van der Waals surface area contributed by atoms with Crippen molar-refractivity contribution in [2.24, 2.45) is 0 Å². The summed E-state index contributed by atoms with van der Waals surface area (Å²) in [6.45, 7) is 3.48. The van der Waals surface area contributed by atoms with Gasteiger partial charge in [0.05, 0.1) is 0 Å². The smallest absolute Gasteiger partial charge is 0.328 e. The number of likely N-dealkylation sites (tertiary alicyclic amines) is 1. The van der Waals surface area contributed by atoms with Crippen LogP contribution in [0.25, 0.3) is 0 Å². The first-order valence-electron chi connectivity index (χ1n) is 5.54. The Labute approximate surface area is 94.9 Å². The lowest BCUT2D eigenvalue weighted by molar-refractivity contribution is -0.150. The van der Waals surface area contributed by atoms with Crippen LogP contribution >= 0.6 is 0 Å². The second-order valence-electron chi connectivity index (χ2n) is 4.31. The monoisotopic (exact) mass is 220 g/mol. The highest BCUT2D eigenvalue weighted by Gasteiger charge is 2.42. The van der Waals surface area contributed by atoms with Crippen molar-refractivity contribution in [3.63, 3.8) is 0 Å². The summed E-state index contributed by atoms with van der Waals surface area (Å²) in [5.74, 6) is -0.791. The van der Waals surface area contributed by atoms with E-state index in [9.17, 15) is 9.90 Å². The first-order valence-corrected chi connectivity index (χ1v) is 5.54. The minimum Gasteiger partial charge on any atom is -0.480 e. The third-order valence-electron chi connectivity index (χ3n) is 3.40. The summed E-state index contributed by atoms with van der Waals surface area (Å²) in [7, 11) is 0. The summed E-state index contributed by atoms with van der Waals surface area (Å²) in [5.41, 5.74) is -0.115. The number of rotatable bonds is 3. The molecule has 2 heterocycles. The predicted octanol–water partition coefficient (Wildman–Crippen LogP) is 1.48. The van der Waals surface area contributed by atoms with Crippen molar-refractivity contribution in [3.8, 4) is 0 Å². The zero-order valence-electron chi connectivity index (χ0n) is 9.39. The molecule has 1 aromatic rings. The van der Waals surface area contributed by atoms with Crippen LogP contribution in [0.3, 0.4) is 0 Å². The van der Waals surface area contributed by atoms with Crippen LogP contribution in [0.1, 0.15) is 25.3 Å². The zero-order valence-corrected chi connectivity index (χ0v) is 9.39. The third kappa shape index (κ3) is 1.69. The number of carboxylic acid groups (broad SMARTS) is 1. The number of nitrogens with zero attached hydrogens (tertiary/aromatic N) is 2. The van der Waals surface area contributed by atoms with Crippen LogP contribution in [-0.4, -0.2) is 34.0 Å². The van der Waals surface area contributed by atoms with Gasteiger partial charge in [0.15, 0.2) is 0 Å². The molecule has 0 aromatic carbocycles. The van der Waals surface area contributed by atoms with Gasteiger partial charge < -0.3 is 5.11 Å². The van der Waals surface area contributed by atoms with E-state index in [1.54, 1.807) is 31.5 Å². The van der Waals surface area contributed by atoms with Crippen LogP contribution in [0, 0.1) is 0 Å². The highest BCUT2D eigenvalue weighted by molar-refractivity contribution is 5.80. The molecule has 0 saturated carbocycles. The van der Waals surface area contributed by atoms with Gasteiger partial charge in [-0.2, -0.15) is 0 Å². The molecule has 1 aromatic heterocycles. The van der Waals surface area contributed by atoms with Crippen LogP contribution in [0.4, 0.5) is 0 Å². The largest absolute Gasteiger partial charge is 0.480 e. The molecule has 4 nitrogen and oxygen atoms in total. The Hall–Kier alpha value is -1.42. The van der Waals surface area contributed by atoms with E-state index in [0.29, 0.717) is 0 Å². The summed E-state index contributed by atoms with van der Waals surface area (Å²) in [4.78, 5) is 17.5. The van der Waals surface area contributed by atoms with Crippen molar-refractivity contribution in [2.75, 3.05) is 13.1 Å². The molecule has 2 rings (SSSR count). The van der Waals surface area contributed by atoms with Crippen molar-refractivity contribution < 1.29 is 9.90 Å². The first kappa shape index (κ1) is 11.1. The highest BCUT2D eigenvalue weighted by Crippen LogP contribution is 2.31. The quantitative estimate of drug-likeness (QED) is 0.838. The molecule has 16 heavy (non-hydrogen) atoms. The van der Waals surface area contributed by atoms with E-state index in [-0.39, 0.29) is 0 Å². The topological polar surface area (TPSA) is 53.4 Å². The van der Waals surface area contributed by atoms with Gasteiger partial charge in [-0.3, -0.25) is 9.88 Å². The molecule has 1 aliphatic rings. The summed E-state index contributed by atoms with van der Waals surface area (Å²) >= 11 is 0. The molecule has 0 amide bonds. The van der Waals surface area contributed by atoms with E-state index < -0.39 is 11.5 Å². The maximum atomic E-state index is 11.5. The van der Waals surface area contributed by atoms with Gasteiger partial charge in [-0.1, -0.05) is 0 Å². The molecule has 1 atom stereocenters. The van der Waals surface area contributed by atoms with Crippen molar-refractivity contribution in [3.05, 3.63) is 30.1 Å². The fourth-order valence-electron chi connectivity index (χ4n) is 2.28. The Morgan fingerprint density at radius 3 is 2.44 bits per heavy atom. The molecule has 1 N–H and O–H groups in total. The molecule has 1 saturated heterocycles. The number of pyridine rings is 1. The molecule has 0 spiro atoms. The first-order chi connectivity index (χ1) is 7.65. The number of carboxylic acids is 1. The molecule has 1 fully saturated rings. The van der Waals surface area contributed by atoms with Crippen molar-refractivity contribution >= 4 is 5.97 Å². The summed E-state index contributed by atoms with van der Waals surface area (Å²) in [6, 6.07) is 3.57. The van der Waals surface area contributed by atoms with E-state index in [0.717, 1.165) is 31.5 Å². The maximum absolute atomic E-state index is 11.5. The predicted molar refractivity (Wildman–Crippen MR) is 60.0 cm³/mol. The second kappa shape index (κ2) is 4.22. The van der Waals surface area contributed by atoms with E-state index in [1.807, 2.05) is 4.90 Å². The fraction of sp³-hybridized carbons (Fsp3) is 0.500.